The summed E-state index contributed by atoms with van der Waals surface area (Å²) < 4.78 is 6.19. The van der Waals surface area contributed by atoms with Crippen molar-refractivity contribution in [1.29, 1.82) is 0 Å². The number of hydroxylamine groups is 1. The predicted octanol–water partition coefficient (Wildman–Crippen LogP) is 8.10. The number of benzene rings is 1. The average molecular weight is 548 g/mol. The minimum atomic E-state index is -2.59. The van der Waals surface area contributed by atoms with Crippen LogP contribution in [0.15, 0.2) is 40.0 Å². The second kappa shape index (κ2) is 12.1. The van der Waals surface area contributed by atoms with Gasteiger partial charge in [0.1, 0.15) is 0 Å². The van der Waals surface area contributed by atoms with Crippen LogP contribution in [-0.2, 0) is 4.84 Å². The van der Waals surface area contributed by atoms with Crippen molar-refractivity contribution in [2.45, 2.75) is 106 Å². The SMILES string of the molecule is CCC[CH2][Sn]([CH2]CCC)([CH2]CCC)[C]1=CC(C)(C)C(NOC(=O)c2ccccc2)C1(C)C. The van der Waals surface area contributed by atoms with Crippen LogP contribution in [0.2, 0.25) is 13.3 Å². The van der Waals surface area contributed by atoms with E-state index in [4.69, 9.17) is 4.84 Å². The van der Waals surface area contributed by atoms with E-state index < -0.39 is 18.4 Å². The molecule has 0 aromatic heterocycles. The zero-order valence-corrected chi connectivity index (χ0v) is 24.6. The van der Waals surface area contributed by atoms with Crippen molar-refractivity contribution < 1.29 is 9.63 Å². The number of carbonyl (C=O) groups excluding carboxylic acids is 1. The number of hydrogen-bond donors (Lipinski definition) is 1. The van der Waals surface area contributed by atoms with Gasteiger partial charge in [0, 0.05) is 0 Å². The Morgan fingerprint density at radius 1 is 0.906 bits per heavy atom. The first-order valence-corrected chi connectivity index (χ1v) is 20.4. The first-order valence-electron chi connectivity index (χ1n) is 12.9. The van der Waals surface area contributed by atoms with Gasteiger partial charge in [0.25, 0.3) is 0 Å². The summed E-state index contributed by atoms with van der Waals surface area (Å²) in [6.45, 7) is 16.4. The van der Waals surface area contributed by atoms with Crippen LogP contribution in [-0.4, -0.2) is 30.4 Å². The summed E-state index contributed by atoms with van der Waals surface area (Å²) in [6, 6.07) is 9.36. The van der Waals surface area contributed by atoms with E-state index in [1.165, 1.54) is 51.8 Å². The summed E-state index contributed by atoms with van der Waals surface area (Å²) in [7, 11) is 0. The topological polar surface area (TPSA) is 38.3 Å². The molecule has 1 aliphatic carbocycles. The van der Waals surface area contributed by atoms with E-state index in [0.717, 1.165) is 0 Å². The summed E-state index contributed by atoms with van der Waals surface area (Å²) in [5, 5.41) is 0. The van der Waals surface area contributed by atoms with Gasteiger partial charge in [-0.2, -0.15) is 0 Å². The fourth-order valence-corrected chi connectivity index (χ4v) is 25.5. The predicted molar refractivity (Wildman–Crippen MR) is 139 cm³/mol. The molecule has 0 aliphatic heterocycles. The van der Waals surface area contributed by atoms with Gasteiger partial charge in [0.05, 0.1) is 0 Å². The zero-order chi connectivity index (χ0) is 23.8. The standard InChI is InChI=1S/C16H20NO2.3C4H9.Sn/c1-15(2)10-11-16(3,4)14(15)17-19-13(18)12-8-6-5-7-9-12;3*1-3-4-2;/h5-10,14,17H,1-4H3;3*1,3-4H2,2H3;. The first kappa shape index (κ1) is 27.4. The molecule has 1 aromatic carbocycles. The molecule has 0 amide bonds. The van der Waals surface area contributed by atoms with Crippen LogP contribution in [0.3, 0.4) is 0 Å². The third-order valence-electron chi connectivity index (χ3n) is 7.55. The van der Waals surface area contributed by atoms with Crippen molar-refractivity contribution in [3.8, 4) is 0 Å². The van der Waals surface area contributed by atoms with Crippen molar-refractivity contribution in [2.75, 3.05) is 0 Å². The number of unbranched alkanes of at least 4 members (excludes halogenated alkanes) is 3. The van der Waals surface area contributed by atoms with E-state index in [0.29, 0.717) is 5.56 Å². The molecule has 0 saturated heterocycles. The molecule has 3 nitrogen and oxygen atoms in total. The Labute approximate surface area is 201 Å². The Hall–Kier alpha value is -0.811. The van der Waals surface area contributed by atoms with Gasteiger partial charge in [-0.3, -0.25) is 0 Å². The Balaban J connectivity index is 2.33. The molecule has 0 heterocycles. The van der Waals surface area contributed by atoms with E-state index in [2.05, 4.69) is 60.0 Å². The minimum absolute atomic E-state index is 0.00816. The van der Waals surface area contributed by atoms with Gasteiger partial charge in [-0.15, -0.1) is 0 Å². The Bertz CT molecular complexity index is 732. The molecule has 1 aromatic rings. The van der Waals surface area contributed by atoms with Crippen LogP contribution in [0.5, 0.6) is 0 Å². The summed E-state index contributed by atoms with van der Waals surface area (Å²) in [5.74, 6) is -0.302. The van der Waals surface area contributed by atoms with Gasteiger partial charge in [-0.05, 0) is 0 Å². The van der Waals surface area contributed by atoms with Gasteiger partial charge < -0.3 is 0 Å². The first-order chi connectivity index (χ1) is 15.1. The Morgan fingerprint density at radius 3 is 1.88 bits per heavy atom. The molecule has 1 unspecified atom stereocenters. The van der Waals surface area contributed by atoms with Crippen molar-refractivity contribution in [2.24, 2.45) is 10.8 Å². The quantitative estimate of drug-likeness (QED) is 0.200. The number of rotatable bonds is 13. The monoisotopic (exact) mass is 549 g/mol. The van der Waals surface area contributed by atoms with E-state index in [1.54, 1.807) is 15.7 Å². The van der Waals surface area contributed by atoms with Crippen molar-refractivity contribution >= 4 is 24.3 Å². The molecule has 1 aliphatic rings. The van der Waals surface area contributed by atoms with E-state index in [-0.39, 0.29) is 22.8 Å². The maximum absolute atomic E-state index is 12.6. The fourth-order valence-electron chi connectivity index (χ4n) is 5.93. The average Bonchev–Trinajstić information content (AvgIpc) is 2.96. The number of carbonyl (C=O) groups is 1. The van der Waals surface area contributed by atoms with E-state index in [1.807, 2.05) is 18.2 Å². The second-order valence-corrected chi connectivity index (χ2v) is 24.1. The summed E-state index contributed by atoms with van der Waals surface area (Å²) in [6.07, 6.45) is 10.5. The van der Waals surface area contributed by atoms with Crippen LogP contribution in [0.1, 0.15) is 97.3 Å². The summed E-state index contributed by atoms with van der Waals surface area (Å²) in [4.78, 5) is 18.3. The third kappa shape index (κ3) is 6.40. The van der Waals surface area contributed by atoms with Gasteiger partial charge in [-0.25, -0.2) is 0 Å². The van der Waals surface area contributed by atoms with Crippen LogP contribution < -0.4 is 5.48 Å². The molecule has 0 fully saturated rings. The fraction of sp³-hybridized carbons (Fsp3) is 0.679. The number of hydrogen-bond acceptors (Lipinski definition) is 3. The van der Waals surface area contributed by atoms with Gasteiger partial charge in [-0.1, -0.05) is 0 Å². The molecule has 0 bridgehead atoms. The van der Waals surface area contributed by atoms with Crippen LogP contribution in [0.25, 0.3) is 0 Å². The van der Waals surface area contributed by atoms with Gasteiger partial charge in [0.2, 0.25) is 0 Å². The molecule has 1 atom stereocenters. The van der Waals surface area contributed by atoms with E-state index >= 15 is 0 Å². The van der Waals surface area contributed by atoms with E-state index in [9.17, 15) is 4.79 Å². The molecule has 180 valence electrons. The molecule has 4 heteroatoms. The molecule has 1 N–H and O–H groups in total. The molecular weight excluding hydrogens is 501 g/mol. The van der Waals surface area contributed by atoms with Gasteiger partial charge >= 0.3 is 202 Å². The van der Waals surface area contributed by atoms with Crippen LogP contribution in [0.4, 0.5) is 0 Å². The van der Waals surface area contributed by atoms with Crippen LogP contribution in [0, 0.1) is 10.8 Å². The van der Waals surface area contributed by atoms with Crippen molar-refractivity contribution in [3.63, 3.8) is 0 Å². The summed E-state index contributed by atoms with van der Waals surface area (Å²) in [5.41, 5.74) is 3.79. The normalized spacial score (nSPS) is 19.6. The molecule has 0 radical (unpaired) electrons. The second-order valence-electron chi connectivity index (χ2n) is 11.0. The zero-order valence-electron chi connectivity index (χ0n) is 21.7. The third-order valence-corrected chi connectivity index (χ3v) is 24.3. The Morgan fingerprint density at radius 2 is 1.41 bits per heavy atom. The molecule has 0 spiro atoms. The molecule has 0 saturated carbocycles. The van der Waals surface area contributed by atoms with Crippen LogP contribution >= 0.6 is 0 Å². The molecular formula is C28H47NO2Sn. The molecule has 2 rings (SSSR count). The Kier molecular flexibility index (Phi) is 10.3. The van der Waals surface area contributed by atoms with Gasteiger partial charge in [0.15, 0.2) is 0 Å². The van der Waals surface area contributed by atoms with Crippen molar-refractivity contribution in [3.05, 3.63) is 45.6 Å². The van der Waals surface area contributed by atoms with Crippen molar-refractivity contribution in [1.82, 2.24) is 5.48 Å². The molecule has 32 heavy (non-hydrogen) atoms. The summed E-state index contributed by atoms with van der Waals surface area (Å²) >= 11 is -2.59. The maximum atomic E-state index is 12.6. The number of nitrogens with one attached hydrogen (secondary N) is 1.